The smallest absolute Gasteiger partial charge is 0.243 e. The van der Waals surface area contributed by atoms with Crippen molar-refractivity contribution in [1.29, 1.82) is 0 Å². The van der Waals surface area contributed by atoms with Crippen molar-refractivity contribution < 1.29 is 4.79 Å². The van der Waals surface area contributed by atoms with E-state index in [0.717, 1.165) is 12.2 Å². The lowest BCUT2D eigenvalue weighted by Crippen LogP contribution is -2.31. The second kappa shape index (κ2) is 5.39. The third-order valence-corrected chi connectivity index (χ3v) is 3.37. The number of rotatable bonds is 4. The summed E-state index contributed by atoms with van der Waals surface area (Å²) in [5.41, 5.74) is 1.71. The Kier molecular flexibility index (Phi) is 3.43. The molecule has 8 heteroatoms. The normalized spacial score (nSPS) is 13.3. The highest BCUT2D eigenvalue weighted by Gasteiger charge is 2.21. The molecule has 8 nitrogen and oxygen atoms in total. The number of carbonyl (C=O) groups is 1. The van der Waals surface area contributed by atoms with Crippen LogP contribution < -0.4 is 15.5 Å². The SMILES string of the molecule is CCn1nccc1CN(C)c1ncnc2c1NC(=O)CN2. The van der Waals surface area contributed by atoms with Gasteiger partial charge in [0.05, 0.1) is 18.8 Å². The summed E-state index contributed by atoms with van der Waals surface area (Å²) in [5, 5.41) is 10.1. The largest absolute Gasteiger partial charge is 0.359 e. The molecule has 3 rings (SSSR count). The van der Waals surface area contributed by atoms with E-state index in [4.69, 9.17) is 0 Å². The Morgan fingerprint density at radius 3 is 3.10 bits per heavy atom. The van der Waals surface area contributed by atoms with Crippen LogP contribution in [0.1, 0.15) is 12.6 Å². The van der Waals surface area contributed by atoms with Gasteiger partial charge in [0.25, 0.3) is 0 Å². The molecule has 2 aromatic heterocycles. The van der Waals surface area contributed by atoms with E-state index in [1.807, 2.05) is 29.6 Å². The maximum atomic E-state index is 11.6. The van der Waals surface area contributed by atoms with Gasteiger partial charge in [0.15, 0.2) is 11.6 Å². The van der Waals surface area contributed by atoms with Gasteiger partial charge < -0.3 is 15.5 Å². The van der Waals surface area contributed by atoms with Crippen molar-refractivity contribution in [3.8, 4) is 0 Å². The van der Waals surface area contributed by atoms with E-state index in [-0.39, 0.29) is 12.5 Å². The third kappa shape index (κ3) is 2.51. The Bertz CT molecular complexity index is 666. The van der Waals surface area contributed by atoms with Crippen LogP contribution in [0, 0.1) is 0 Å². The van der Waals surface area contributed by atoms with Gasteiger partial charge in [-0.15, -0.1) is 0 Å². The monoisotopic (exact) mass is 287 g/mol. The van der Waals surface area contributed by atoms with Gasteiger partial charge in [-0.05, 0) is 13.0 Å². The van der Waals surface area contributed by atoms with E-state index in [9.17, 15) is 4.79 Å². The average Bonchev–Trinajstić information content (AvgIpc) is 2.93. The lowest BCUT2D eigenvalue weighted by molar-refractivity contribution is -0.114. The fourth-order valence-electron chi connectivity index (χ4n) is 2.36. The van der Waals surface area contributed by atoms with Crippen LogP contribution >= 0.6 is 0 Å². The first kappa shape index (κ1) is 13.3. The molecule has 0 saturated carbocycles. The van der Waals surface area contributed by atoms with Gasteiger partial charge in [-0.25, -0.2) is 9.97 Å². The molecule has 110 valence electrons. The first-order chi connectivity index (χ1) is 10.2. The molecule has 0 fully saturated rings. The Morgan fingerprint density at radius 1 is 1.43 bits per heavy atom. The molecule has 0 bridgehead atoms. The summed E-state index contributed by atoms with van der Waals surface area (Å²) in [6.45, 7) is 3.74. The van der Waals surface area contributed by atoms with Crippen molar-refractivity contribution in [3.63, 3.8) is 0 Å². The highest BCUT2D eigenvalue weighted by molar-refractivity contribution is 6.02. The number of nitrogens with zero attached hydrogens (tertiary/aromatic N) is 5. The Hall–Kier alpha value is -2.64. The molecule has 0 radical (unpaired) electrons. The molecule has 0 aromatic carbocycles. The molecule has 1 amide bonds. The summed E-state index contributed by atoms with van der Waals surface area (Å²) in [4.78, 5) is 22.0. The van der Waals surface area contributed by atoms with Gasteiger partial charge in [-0.3, -0.25) is 9.48 Å². The minimum Gasteiger partial charge on any atom is -0.359 e. The van der Waals surface area contributed by atoms with Gasteiger partial charge >= 0.3 is 0 Å². The number of carbonyl (C=O) groups excluding carboxylic acids is 1. The number of anilines is 3. The quantitative estimate of drug-likeness (QED) is 0.860. The van der Waals surface area contributed by atoms with E-state index in [1.54, 1.807) is 6.20 Å². The minimum atomic E-state index is -0.0921. The minimum absolute atomic E-state index is 0.0921. The van der Waals surface area contributed by atoms with E-state index in [0.29, 0.717) is 23.9 Å². The molecule has 0 aliphatic carbocycles. The summed E-state index contributed by atoms with van der Waals surface area (Å²) in [7, 11) is 1.93. The number of nitrogens with one attached hydrogen (secondary N) is 2. The number of hydrogen-bond donors (Lipinski definition) is 2. The lowest BCUT2D eigenvalue weighted by Gasteiger charge is -2.25. The number of aryl methyl sites for hydroxylation is 1. The summed E-state index contributed by atoms with van der Waals surface area (Å²) in [6.07, 6.45) is 3.28. The van der Waals surface area contributed by atoms with Crippen LogP contribution in [0.25, 0.3) is 0 Å². The lowest BCUT2D eigenvalue weighted by atomic mass is 10.3. The van der Waals surface area contributed by atoms with E-state index in [1.165, 1.54) is 6.33 Å². The Balaban J connectivity index is 1.88. The second-order valence-electron chi connectivity index (χ2n) is 4.82. The molecule has 0 spiro atoms. The van der Waals surface area contributed by atoms with Crippen LogP contribution in [0.4, 0.5) is 17.3 Å². The maximum Gasteiger partial charge on any atom is 0.243 e. The van der Waals surface area contributed by atoms with Crippen LogP contribution in [0.5, 0.6) is 0 Å². The summed E-state index contributed by atoms with van der Waals surface area (Å²) in [5.74, 6) is 1.24. The van der Waals surface area contributed by atoms with E-state index >= 15 is 0 Å². The molecule has 1 aliphatic rings. The predicted octanol–water partition coefficient (Wildman–Crippen LogP) is 0.693. The Morgan fingerprint density at radius 2 is 2.29 bits per heavy atom. The molecule has 0 unspecified atom stereocenters. The number of fused-ring (bicyclic) bond motifs is 1. The first-order valence-corrected chi connectivity index (χ1v) is 6.79. The molecule has 2 N–H and O–H groups in total. The first-order valence-electron chi connectivity index (χ1n) is 6.79. The van der Waals surface area contributed by atoms with Crippen LogP contribution in [-0.2, 0) is 17.9 Å². The summed E-state index contributed by atoms with van der Waals surface area (Å²) >= 11 is 0. The molecule has 0 saturated heterocycles. The van der Waals surface area contributed by atoms with E-state index in [2.05, 4.69) is 25.7 Å². The molecular formula is C13H17N7O. The van der Waals surface area contributed by atoms with Crippen molar-refractivity contribution in [3.05, 3.63) is 24.3 Å². The highest BCUT2D eigenvalue weighted by atomic mass is 16.2. The zero-order chi connectivity index (χ0) is 14.8. The third-order valence-electron chi connectivity index (χ3n) is 3.37. The maximum absolute atomic E-state index is 11.6. The zero-order valence-electron chi connectivity index (χ0n) is 12.0. The summed E-state index contributed by atoms with van der Waals surface area (Å²) < 4.78 is 1.93. The van der Waals surface area contributed by atoms with Crippen molar-refractivity contribution in [2.45, 2.75) is 20.0 Å². The van der Waals surface area contributed by atoms with Crippen LogP contribution in [0.15, 0.2) is 18.6 Å². The number of amides is 1. The van der Waals surface area contributed by atoms with Crippen molar-refractivity contribution in [2.75, 3.05) is 29.1 Å². The van der Waals surface area contributed by atoms with Crippen molar-refractivity contribution in [1.82, 2.24) is 19.7 Å². The van der Waals surface area contributed by atoms with Crippen molar-refractivity contribution >= 4 is 23.2 Å². The topological polar surface area (TPSA) is 88.0 Å². The van der Waals surface area contributed by atoms with Gasteiger partial charge in [0, 0.05) is 19.8 Å². The fraction of sp³-hybridized carbons (Fsp3) is 0.385. The van der Waals surface area contributed by atoms with Crippen LogP contribution in [0.2, 0.25) is 0 Å². The summed E-state index contributed by atoms with van der Waals surface area (Å²) in [6, 6.07) is 1.98. The van der Waals surface area contributed by atoms with Crippen molar-refractivity contribution in [2.24, 2.45) is 0 Å². The van der Waals surface area contributed by atoms with Crippen LogP contribution in [0.3, 0.4) is 0 Å². The highest BCUT2D eigenvalue weighted by Crippen LogP contribution is 2.31. The molecule has 3 heterocycles. The van der Waals surface area contributed by atoms with Gasteiger partial charge in [0.2, 0.25) is 5.91 Å². The standard InChI is InChI=1S/C13H17N7O/c1-3-20-9(4-5-17-20)7-19(2)13-11-12(15-8-16-13)14-6-10(21)18-11/h4-5,8H,3,6-7H2,1-2H3,(H,18,21)(H,14,15,16). The fourth-order valence-corrected chi connectivity index (χ4v) is 2.36. The molecule has 1 aliphatic heterocycles. The molecule has 21 heavy (non-hydrogen) atoms. The zero-order valence-corrected chi connectivity index (χ0v) is 12.0. The molecular weight excluding hydrogens is 270 g/mol. The van der Waals surface area contributed by atoms with Gasteiger partial charge in [-0.1, -0.05) is 0 Å². The molecule has 2 aromatic rings. The van der Waals surface area contributed by atoms with Gasteiger partial charge in [0.1, 0.15) is 12.0 Å². The number of aromatic nitrogens is 4. The van der Waals surface area contributed by atoms with E-state index < -0.39 is 0 Å². The molecule has 0 atom stereocenters. The number of hydrogen-bond acceptors (Lipinski definition) is 6. The predicted molar refractivity (Wildman–Crippen MR) is 79.2 cm³/mol. The van der Waals surface area contributed by atoms with Gasteiger partial charge in [-0.2, -0.15) is 5.10 Å². The average molecular weight is 287 g/mol. The Labute approximate surface area is 122 Å². The van der Waals surface area contributed by atoms with Crippen LogP contribution in [-0.4, -0.2) is 39.2 Å². The second-order valence-corrected chi connectivity index (χ2v) is 4.82.